The van der Waals surface area contributed by atoms with Gasteiger partial charge in [0.25, 0.3) is 0 Å². The fraction of sp³-hybridized carbons (Fsp3) is 0.0238. The molecule has 0 unspecified atom stereocenters. The van der Waals surface area contributed by atoms with Gasteiger partial charge >= 0.3 is 0 Å². The molecule has 0 fully saturated rings. The van der Waals surface area contributed by atoms with Crippen molar-refractivity contribution in [2.75, 3.05) is 0 Å². The third-order valence-corrected chi connectivity index (χ3v) is 9.19. The summed E-state index contributed by atoms with van der Waals surface area (Å²) in [4.78, 5) is 4.40. The molecule has 0 atom stereocenters. The standard InChI is InChI=1S/C42H28N2/c1-27-21-22-43-26-40(27)30-15-18-34-29(23-30)17-20-38-37-19-16-31(25-41(37)44(42(34)38)32-10-3-2-4-11-32)39-24-28-9-5-6-12-33(28)35-13-7-8-14-36(35)39/h2-26H,1H3. The van der Waals surface area contributed by atoms with E-state index < -0.39 is 0 Å². The van der Waals surface area contributed by atoms with Crippen LogP contribution in [0.2, 0.25) is 0 Å². The molecule has 0 aliphatic carbocycles. The molecule has 9 aromatic rings. The van der Waals surface area contributed by atoms with Crippen LogP contribution in [0.1, 0.15) is 5.56 Å². The topological polar surface area (TPSA) is 17.8 Å². The molecule has 0 spiro atoms. The molecule has 2 heterocycles. The van der Waals surface area contributed by atoms with E-state index in [0.29, 0.717) is 0 Å². The highest BCUT2D eigenvalue weighted by Crippen LogP contribution is 2.41. The Balaban J connectivity index is 1.35. The monoisotopic (exact) mass is 560 g/mol. The van der Waals surface area contributed by atoms with Crippen LogP contribution in [0.15, 0.2) is 152 Å². The van der Waals surface area contributed by atoms with Gasteiger partial charge in [-0.25, -0.2) is 0 Å². The van der Waals surface area contributed by atoms with E-state index in [1.807, 2.05) is 12.4 Å². The minimum atomic E-state index is 1.16. The van der Waals surface area contributed by atoms with Crippen LogP contribution in [0.25, 0.3) is 82.1 Å². The molecular formula is C42H28N2. The van der Waals surface area contributed by atoms with Crippen molar-refractivity contribution < 1.29 is 0 Å². The molecule has 2 aromatic heterocycles. The van der Waals surface area contributed by atoms with E-state index in [2.05, 4.69) is 156 Å². The van der Waals surface area contributed by atoms with E-state index in [9.17, 15) is 0 Å². The number of hydrogen-bond donors (Lipinski definition) is 0. The fourth-order valence-corrected chi connectivity index (χ4v) is 7.08. The molecule has 2 nitrogen and oxygen atoms in total. The summed E-state index contributed by atoms with van der Waals surface area (Å²) in [6, 6.07) is 51.1. The summed E-state index contributed by atoms with van der Waals surface area (Å²) in [7, 11) is 0. The highest BCUT2D eigenvalue weighted by Gasteiger charge is 2.17. The third-order valence-electron chi connectivity index (χ3n) is 9.19. The van der Waals surface area contributed by atoms with E-state index in [1.165, 1.54) is 81.9 Å². The van der Waals surface area contributed by atoms with E-state index in [0.717, 1.165) is 5.69 Å². The number of benzene rings is 7. The number of nitrogens with zero attached hydrogens (tertiary/aromatic N) is 2. The zero-order chi connectivity index (χ0) is 29.2. The largest absolute Gasteiger partial charge is 0.309 e. The third kappa shape index (κ3) is 3.71. The Kier molecular flexibility index (Phi) is 5.45. The van der Waals surface area contributed by atoms with E-state index in [-0.39, 0.29) is 0 Å². The molecule has 0 radical (unpaired) electrons. The van der Waals surface area contributed by atoms with E-state index in [4.69, 9.17) is 0 Å². The Labute approximate surface area is 255 Å². The van der Waals surface area contributed by atoms with Crippen molar-refractivity contribution in [1.29, 1.82) is 0 Å². The van der Waals surface area contributed by atoms with Crippen molar-refractivity contribution in [3.8, 4) is 27.9 Å². The van der Waals surface area contributed by atoms with Gasteiger partial charge in [-0.05, 0) is 92.5 Å². The van der Waals surface area contributed by atoms with Crippen molar-refractivity contribution in [3.05, 3.63) is 157 Å². The summed E-state index contributed by atoms with van der Waals surface area (Å²) in [5, 5.41) is 10.1. The maximum absolute atomic E-state index is 4.40. The van der Waals surface area contributed by atoms with Gasteiger partial charge < -0.3 is 4.57 Å². The molecule has 9 rings (SSSR count). The first kappa shape index (κ1) is 24.8. The minimum absolute atomic E-state index is 1.16. The molecule has 206 valence electrons. The molecule has 0 aliphatic rings. The molecule has 7 aromatic carbocycles. The van der Waals surface area contributed by atoms with Crippen LogP contribution < -0.4 is 0 Å². The van der Waals surface area contributed by atoms with Crippen LogP contribution in [-0.2, 0) is 0 Å². The lowest BCUT2D eigenvalue weighted by molar-refractivity contribution is 1.19. The second kappa shape index (κ2) is 9.65. The van der Waals surface area contributed by atoms with Crippen LogP contribution in [0.4, 0.5) is 0 Å². The second-order valence-electron chi connectivity index (χ2n) is 11.7. The van der Waals surface area contributed by atoms with E-state index >= 15 is 0 Å². The number of rotatable bonds is 3. The number of aromatic nitrogens is 2. The van der Waals surface area contributed by atoms with Crippen molar-refractivity contribution in [3.63, 3.8) is 0 Å². The number of aryl methyl sites for hydroxylation is 1. The normalized spacial score (nSPS) is 11.8. The van der Waals surface area contributed by atoms with Gasteiger partial charge in [0.15, 0.2) is 0 Å². The van der Waals surface area contributed by atoms with Gasteiger partial charge in [-0.1, -0.05) is 103 Å². The predicted octanol–water partition coefficient (Wildman–Crippen LogP) is 11.3. The predicted molar refractivity (Wildman–Crippen MR) is 187 cm³/mol. The Bertz CT molecular complexity index is 2560. The van der Waals surface area contributed by atoms with Crippen LogP contribution in [-0.4, -0.2) is 9.55 Å². The zero-order valence-electron chi connectivity index (χ0n) is 24.3. The maximum Gasteiger partial charge on any atom is 0.0619 e. The van der Waals surface area contributed by atoms with Crippen LogP contribution >= 0.6 is 0 Å². The molecule has 0 saturated carbocycles. The lowest BCUT2D eigenvalue weighted by Gasteiger charge is -2.13. The number of pyridine rings is 1. The molecule has 0 saturated heterocycles. The lowest BCUT2D eigenvalue weighted by atomic mass is 9.93. The Morgan fingerprint density at radius 1 is 0.477 bits per heavy atom. The summed E-state index contributed by atoms with van der Waals surface area (Å²) >= 11 is 0. The van der Waals surface area contributed by atoms with Gasteiger partial charge in [0, 0.05) is 39.8 Å². The number of para-hydroxylation sites is 1. The SMILES string of the molecule is Cc1ccncc1-c1ccc2c(ccc3c4ccc(-c5cc6ccccc6c6ccccc56)cc4n(-c4ccccc4)c23)c1. The first-order valence-corrected chi connectivity index (χ1v) is 15.1. The molecule has 0 N–H and O–H groups in total. The van der Waals surface area contributed by atoms with Gasteiger partial charge in [-0.15, -0.1) is 0 Å². The summed E-state index contributed by atoms with van der Waals surface area (Å²) < 4.78 is 2.45. The first-order chi connectivity index (χ1) is 21.7. The molecule has 0 amide bonds. The summed E-state index contributed by atoms with van der Waals surface area (Å²) in [6.07, 6.45) is 3.82. The molecular weight excluding hydrogens is 532 g/mol. The highest BCUT2D eigenvalue weighted by atomic mass is 15.0. The van der Waals surface area contributed by atoms with Crippen molar-refractivity contribution in [2.45, 2.75) is 6.92 Å². The lowest BCUT2D eigenvalue weighted by Crippen LogP contribution is -1.94. The Morgan fingerprint density at radius 2 is 1.16 bits per heavy atom. The smallest absolute Gasteiger partial charge is 0.0619 e. The molecule has 44 heavy (non-hydrogen) atoms. The molecule has 2 heteroatoms. The summed E-state index contributed by atoms with van der Waals surface area (Å²) in [5.41, 5.74) is 9.67. The van der Waals surface area contributed by atoms with Crippen molar-refractivity contribution in [2.24, 2.45) is 0 Å². The zero-order valence-corrected chi connectivity index (χ0v) is 24.3. The van der Waals surface area contributed by atoms with Gasteiger partial charge in [0.2, 0.25) is 0 Å². The van der Waals surface area contributed by atoms with Gasteiger partial charge in [0.05, 0.1) is 11.0 Å². The summed E-state index contributed by atoms with van der Waals surface area (Å²) in [5.74, 6) is 0. The van der Waals surface area contributed by atoms with Gasteiger partial charge in [0.1, 0.15) is 0 Å². The fourth-order valence-electron chi connectivity index (χ4n) is 7.08. The van der Waals surface area contributed by atoms with Crippen LogP contribution in [0, 0.1) is 6.92 Å². The van der Waals surface area contributed by atoms with Crippen LogP contribution in [0.3, 0.4) is 0 Å². The first-order valence-electron chi connectivity index (χ1n) is 15.1. The Hall–Kier alpha value is -5.73. The number of hydrogen-bond acceptors (Lipinski definition) is 1. The van der Waals surface area contributed by atoms with Crippen molar-refractivity contribution >= 4 is 54.1 Å². The quantitative estimate of drug-likeness (QED) is 0.197. The van der Waals surface area contributed by atoms with Gasteiger partial charge in [-0.3, -0.25) is 4.98 Å². The summed E-state index contributed by atoms with van der Waals surface area (Å²) in [6.45, 7) is 2.15. The maximum atomic E-state index is 4.40. The molecule has 0 aliphatic heterocycles. The number of fused-ring (bicyclic) bond motifs is 8. The molecule has 0 bridgehead atoms. The highest BCUT2D eigenvalue weighted by molar-refractivity contribution is 6.20. The minimum Gasteiger partial charge on any atom is -0.309 e. The van der Waals surface area contributed by atoms with E-state index in [1.54, 1.807) is 0 Å². The van der Waals surface area contributed by atoms with Gasteiger partial charge in [-0.2, -0.15) is 0 Å². The average Bonchev–Trinajstić information content (AvgIpc) is 3.42. The van der Waals surface area contributed by atoms with Crippen molar-refractivity contribution in [1.82, 2.24) is 9.55 Å². The second-order valence-corrected chi connectivity index (χ2v) is 11.7. The average molecular weight is 561 g/mol. The Morgan fingerprint density at radius 3 is 2.00 bits per heavy atom. The van der Waals surface area contributed by atoms with Crippen LogP contribution in [0.5, 0.6) is 0 Å².